The molecule has 2 aromatic rings. The zero-order chi connectivity index (χ0) is 16.5. The molecule has 0 aliphatic heterocycles. The van der Waals surface area contributed by atoms with Crippen LogP contribution in [0.4, 0.5) is 11.6 Å². The standard InChI is InChI=1S/C17H21BrN4O/c1-2-3-6-11-19-15-9-10-16(22-21-15)20-17(23)12-13-7-4-5-8-14(13)18/h4-5,7-10H,2-3,6,11-12H2,1H3,(H,19,21)(H,20,22,23). The first-order valence-corrected chi connectivity index (χ1v) is 8.59. The predicted molar refractivity (Wildman–Crippen MR) is 96.5 cm³/mol. The number of halogens is 1. The summed E-state index contributed by atoms with van der Waals surface area (Å²) in [5.41, 5.74) is 0.937. The molecule has 0 saturated heterocycles. The van der Waals surface area contributed by atoms with Gasteiger partial charge in [-0.3, -0.25) is 4.79 Å². The summed E-state index contributed by atoms with van der Waals surface area (Å²) < 4.78 is 0.924. The maximum absolute atomic E-state index is 12.0. The molecule has 6 heteroatoms. The highest BCUT2D eigenvalue weighted by molar-refractivity contribution is 9.10. The Morgan fingerprint density at radius 2 is 1.83 bits per heavy atom. The minimum absolute atomic E-state index is 0.116. The fourth-order valence-electron chi connectivity index (χ4n) is 2.09. The van der Waals surface area contributed by atoms with E-state index in [0.29, 0.717) is 12.2 Å². The fraction of sp³-hybridized carbons (Fsp3) is 0.353. The summed E-state index contributed by atoms with van der Waals surface area (Å²) in [6.07, 6.45) is 3.79. The Hall–Kier alpha value is -1.95. The molecule has 0 bridgehead atoms. The van der Waals surface area contributed by atoms with Crippen LogP contribution in [0.2, 0.25) is 0 Å². The number of amides is 1. The molecule has 122 valence electrons. The van der Waals surface area contributed by atoms with E-state index in [2.05, 4.69) is 43.7 Å². The van der Waals surface area contributed by atoms with Gasteiger partial charge in [0.2, 0.25) is 5.91 Å². The summed E-state index contributed by atoms with van der Waals surface area (Å²) in [4.78, 5) is 12.0. The van der Waals surface area contributed by atoms with Crippen molar-refractivity contribution in [3.8, 4) is 0 Å². The van der Waals surface area contributed by atoms with Gasteiger partial charge in [-0.15, -0.1) is 10.2 Å². The molecule has 1 aromatic heterocycles. The minimum Gasteiger partial charge on any atom is -0.369 e. The molecule has 1 heterocycles. The van der Waals surface area contributed by atoms with Gasteiger partial charge in [0.25, 0.3) is 0 Å². The summed E-state index contributed by atoms with van der Waals surface area (Å²) in [6, 6.07) is 11.2. The van der Waals surface area contributed by atoms with Crippen LogP contribution < -0.4 is 10.6 Å². The van der Waals surface area contributed by atoms with Gasteiger partial charge in [0.1, 0.15) is 5.82 Å². The molecule has 23 heavy (non-hydrogen) atoms. The number of hydrogen-bond donors (Lipinski definition) is 2. The van der Waals surface area contributed by atoms with Crippen molar-refractivity contribution >= 4 is 33.5 Å². The van der Waals surface area contributed by atoms with Gasteiger partial charge in [-0.2, -0.15) is 0 Å². The molecule has 0 radical (unpaired) electrons. The van der Waals surface area contributed by atoms with Crippen molar-refractivity contribution in [2.24, 2.45) is 0 Å². The van der Waals surface area contributed by atoms with Gasteiger partial charge in [0, 0.05) is 11.0 Å². The molecule has 2 N–H and O–H groups in total. The van der Waals surface area contributed by atoms with Gasteiger partial charge >= 0.3 is 0 Å². The quantitative estimate of drug-likeness (QED) is 0.682. The zero-order valence-electron chi connectivity index (χ0n) is 13.2. The van der Waals surface area contributed by atoms with E-state index in [1.165, 1.54) is 12.8 Å². The number of anilines is 2. The number of carbonyl (C=O) groups excluding carboxylic acids is 1. The van der Waals surface area contributed by atoms with Gasteiger partial charge in [-0.1, -0.05) is 53.9 Å². The lowest BCUT2D eigenvalue weighted by Crippen LogP contribution is -2.16. The molecule has 0 aliphatic rings. The first-order chi connectivity index (χ1) is 11.2. The smallest absolute Gasteiger partial charge is 0.230 e. The molecule has 5 nitrogen and oxygen atoms in total. The van der Waals surface area contributed by atoms with E-state index in [0.717, 1.165) is 28.8 Å². The number of rotatable bonds is 8. The Kier molecular flexibility index (Phi) is 7.00. The minimum atomic E-state index is -0.116. The molecule has 0 unspecified atom stereocenters. The number of hydrogen-bond acceptors (Lipinski definition) is 4. The average Bonchev–Trinajstić information content (AvgIpc) is 2.55. The van der Waals surface area contributed by atoms with E-state index in [-0.39, 0.29) is 5.91 Å². The van der Waals surface area contributed by atoms with E-state index in [4.69, 9.17) is 0 Å². The van der Waals surface area contributed by atoms with Crippen molar-refractivity contribution in [2.45, 2.75) is 32.6 Å². The van der Waals surface area contributed by atoms with E-state index >= 15 is 0 Å². The maximum atomic E-state index is 12.0. The third kappa shape index (κ3) is 5.98. The van der Waals surface area contributed by atoms with Crippen molar-refractivity contribution in [1.29, 1.82) is 0 Å². The molecular weight excluding hydrogens is 356 g/mol. The van der Waals surface area contributed by atoms with Crippen molar-refractivity contribution < 1.29 is 4.79 Å². The Morgan fingerprint density at radius 3 is 2.52 bits per heavy atom. The number of aromatic nitrogens is 2. The first-order valence-electron chi connectivity index (χ1n) is 7.80. The fourth-order valence-corrected chi connectivity index (χ4v) is 2.51. The lowest BCUT2D eigenvalue weighted by molar-refractivity contribution is -0.115. The van der Waals surface area contributed by atoms with Crippen LogP contribution in [0, 0.1) is 0 Å². The molecule has 2 rings (SSSR count). The Balaban J connectivity index is 1.83. The van der Waals surface area contributed by atoms with Crippen molar-refractivity contribution in [3.05, 3.63) is 46.4 Å². The second kappa shape index (κ2) is 9.25. The van der Waals surface area contributed by atoms with Crippen LogP contribution in [0.5, 0.6) is 0 Å². The average molecular weight is 377 g/mol. The highest BCUT2D eigenvalue weighted by atomic mass is 79.9. The summed E-state index contributed by atoms with van der Waals surface area (Å²) in [6.45, 7) is 3.06. The lowest BCUT2D eigenvalue weighted by atomic mass is 10.1. The Morgan fingerprint density at radius 1 is 1.09 bits per heavy atom. The van der Waals surface area contributed by atoms with Gasteiger partial charge in [-0.05, 0) is 30.2 Å². The molecule has 1 aromatic carbocycles. The molecule has 0 atom stereocenters. The second-order valence-corrected chi connectivity index (χ2v) is 6.11. The van der Waals surface area contributed by atoms with Crippen LogP contribution in [0.25, 0.3) is 0 Å². The number of unbranched alkanes of at least 4 members (excludes halogenated alkanes) is 2. The molecule has 0 aliphatic carbocycles. The van der Waals surface area contributed by atoms with Crippen LogP contribution in [0.1, 0.15) is 31.7 Å². The van der Waals surface area contributed by atoms with Crippen LogP contribution in [0.3, 0.4) is 0 Å². The van der Waals surface area contributed by atoms with E-state index in [9.17, 15) is 4.79 Å². The number of carbonyl (C=O) groups is 1. The van der Waals surface area contributed by atoms with E-state index in [1.54, 1.807) is 6.07 Å². The predicted octanol–water partition coefficient (Wildman–Crippen LogP) is 4.02. The number of benzene rings is 1. The monoisotopic (exact) mass is 376 g/mol. The van der Waals surface area contributed by atoms with Gasteiger partial charge in [0.05, 0.1) is 6.42 Å². The van der Waals surface area contributed by atoms with E-state index < -0.39 is 0 Å². The van der Waals surface area contributed by atoms with Gasteiger partial charge in [0.15, 0.2) is 5.82 Å². The van der Waals surface area contributed by atoms with Crippen molar-refractivity contribution in [1.82, 2.24) is 10.2 Å². The van der Waals surface area contributed by atoms with Crippen LogP contribution in [-0.4, -0.2) is 22.6 Å². The topological polar surface area (TPSA) is 66.9 Å². The lowest BCUT2D eigenvalue weighted by Gasteiger charge is -2.07. The summed E-state index contributed by atoms with van der Waals surface area (Å²) in [5.74, 6) is 1.07. The van der Waals surface area contributed by atoms with Crippen molar-refractivity contribution in [3.63, 3.8) is 0 Å². The van der Waals surface area contributed by atoms with Gasteiger partial charge in [-0.25, -0.2) is 0 Å². The number of nitrogens with one attached hydrogen (secondary N) is 2. The molecule has 0 fully saturated rings. The van der Waals surface area contributed by atoms with E-state index in [1.807, 2.05) is 30.3 Å². The molecule has 0 spiro atoms. The Bertz CT molecular complexity index is 631. The first kappa shape index (κ1) is 17.4. The largest absolute Gasteiger partial charge is 0.369 e. The third-order valence-corrected chi connectivity index (χ3v) is 4.10. The van der Waals surface area contributed by atoms with Crippen LogP contribution in [-0.2, 0) is 11.2 Å². The summed E-state index contributed by atoms with van der Waals surface area (Å²) in [5, 5.41) is 14.1. The van der Waals surface area contributed by atoms with Crippen LogP contribution in [0.15, 0.2) is 40.9 Å². The summed E-state index contributed by atoms with van der Waals surface area (Å²) in [7, 11) is 0. The number of nitrogens with zero attached hydrogens (tertiary/aromatic N) is 2. The second-order valence-electron chi connectivity index (χ2n) is 5.25. The highest BCUT2D eigenvalue weighted by Crippen LogP contribution is 2.17. The molecule has 1 amide bonds. The zero-order valence-corrected chi connectivity index (χ0v) is 14.8. The van der Waals surface area contributed by atoms with Crippen molar-refractivity contribution in [2.75, 3.05) is 17.2 Å². The SMILES string of the molecule is CCCCCNc1ccc(NC(=O)Cc2ccccc2Br)nn1. The highest BCUT2D eigenvalue weighted by Gasteiger charge is 2.07. The third-order valence-electron chi connectivity index (χ3n) is 3.33. The maximum Gasteiger partial charge on any atom is 0.230 e. The van der Waals surface area contributed by atoms with Crippen LogP contribution >= 0.6 is 15.9 Å². The summed E-state index contributed by atoms with van der Waals surface area (Å²) >= 11 is 3.44. The normalized spacial score (nSPS) is 10.3. The van der Waals surface area contributed by atoms with Gasteiger partial charge < -0.3 is 10.6 Å². The molecule has 0 saturated carbocycles. The molecular formula is C17H21BrN4O. The Labute approximate surface area is 145 Å².